The molecule has 1 aromatic rings. The minimum absolute atomic E-state index is 0.0349. The predicted molar refractivity (Wildman–Crippen MR) is 86.4 cm³/mol. The van der Waals surface area contributed by atoms with Gasteiger partial charge in [0, 0.05) is 11.6 Å². The molecule has 0 amide bonds. The van der Waals surface area contributed by atoms with E-state index in [4.69, 9.17) is 15.2 Å². The Morgan fingerprint density at radius 1 is 1.29 bits per heavy atom. The molecule has 3 heteroatoms. The van der Waals surface area contributed by atoms with E-state index in [0.717, 1.165) is 16.9 Å². The van der Waals surface area contributed by atoms with Gasteiger partial charge in [0.25, 0.3) is 0 Å². The second-order valence-electron chi connectivity index (χ2n) is 6.16. The van der Waals surface area contributed by atoms with Crippen molar-refractivity contribution in [3.8, 4) is 5.75 Å². The molecule has 1 aliphatic rings. The van der Waals surface area contributed by atoms with Crippen LogP contribution in [0.1, 0.15) is 63.1 Å². The van der Waals surface area contributed by atoms with E-state index in [1.807, 2.05) is 19.1 Å². The highest BCUT2D eigenvalue weighted by molar-refractivity contribution is 5.37. The van der Waals surface area contributed by atoms with Crippen molar-refractivity contribution in [3.63, 3.8) is 0 Å². The summed E-state index contributed by atoms with van der Waals surface area (Å²) in [5.74, 6) is 1.60. The molecule has 2 rings (SSSR count). The molecule has 0 aromatic heterocycles. The number of benzene rings is 1. The van der Waals surface area contributed by atoms with Crippen LogP contribution < -0.4 is 10.5 Å². The monoisotopic (exact) mass is 291 g/mol. The van der Waals surface area contributed by atoms with Crippen LogP contribution in [-0.4, -0.2) is 13.2 Å². The molecule has 3 unspecified atom stereocenters. The van der Waals surface area contributed by atoms with Gasteiger partial charge in [-0.3, -0.25) is 0 Å². The minimum Gasteiger partial charge on any atom is -0.496 e. The lowest BCUT2D eigenvalue weighted by molar-refractivity contribution is -0.0227. The van der Waals surface area contributed by atoms with Gasteiger partial charge in [0.2, 0.25) is 0 Å². The summed E-state index contributed by atoms with van der Waals surface area (Å²) in [5, 5.41) is 0. The van der Waals surface area contributed by atoms with Crippen LogP contribution in [0.4, 0.5) is 0 Å². The molecule has 0 heterocycles. The van der Waals surface area contributed by atoms with Crippen LogP contribution in [0.3, 0.4) is 0 Å². The molecule has 118 valence electrons. The fourth-order valence-electron chi connectivity index (χ4n) is 3.25. The summed E-state index contributed by atoms with van der Waals surface area (Å²) in [5.41, 5.74) is 8.21. The molecule has 3 nitrogen and oxygen atoms in total. The second-order valence-corrected chi connectivity index (χ2v) is 6.16. The number of hydrogen-bond acceptors (Lipinski definition) is 3. The van der Waals surface area contributed by atoms with E-state index in [0.29, 0.717) is 18.6 Å². The van der Waals surface area contributed by atoms with Gasteiger partial charge in [-0.25, -0.2) is 0 Å². The highest BCUT2D eigenvalue weighted by atomic mass is 16.5. The van der Waals surface area contributed by atoms with E-state index < -0.39 is 0 Å². The molecule has 1 fully saturated rings. The molecule has 0 bridgehead atoms. The van der Waals surface area contributed by atoms with Gasteiger partial charge < -0.3 is 15.2 Å². The van der Waals surface area contributed by atoms with E-state index in [9.17, 15) is 0 Å². The lowest BCUT2D eigenvalue weighted by Crippen LogP contribution is -2.27. The molecule has 1 saturated carbocycles. The summed E-state index contributed by atoms with van der Waals surface area (Å²) >= 11 is 0. The standard InChI is InChI=1S/C18H29NO2/c1-4-14-7-5-6-8-18(14)21-12-16-11-15(13(2)19)9-10-17(16)20-3/h9-11,13-14,18H,4-8,12,19H2,1-3H3. The van der Waals surface area contributed by atoms with Gasteiger partial charge in [-0.2, -0.15) is 0 Å². The van der Waals surface area contributed by atoms with E-state index in [2.05, 4.69) is 13.0 Å². The SMILES string of the molecule is CCC1CCCCC1OCc1cc(C(C)N)ccc1OC. The molecule has 0 radical (unpaired) electrons. The summed E-state index contributed by atoms with van der Waals surface area (Å²) in [6.45, 7) is 4.88. The number of rotatable bonds is 6. The van der Waals surface area contributed by atoms with E-state index in [1.54, 1.807) is 7.11 Å². The van der Waals surface area contributed by atoms with Crippen molar-refractivity contribution < 1.29 is 9.47 Å². The molecule has 2 N–H and O–H groups in total. The van der Waals surface area contributed by atoms with Crippen LogP contribution in [0.5, 0.6) is 5.75 Å². The molecule has 0 saturated heterocycles. The Morgan fingerprint density at radius 2 is 2.05 bits per heavy atom. The molecule has 0 aliphatic heterocycles. The predicted octanol–water partition coefficient (Wildman–Crippen LogP) is 4.20. The summed E-state index contributed by atoms with van der Waals surface area (Å²) in [6, 6.07) is 6.18. The summed E-state index contributed by atoms with van der Waals surface area (Å²) in [4.78, 5) is 0. The van der Waals surface area contributed by atoms with E-state index in [-0.39, 0.29) is 6.04 Å². The first-order chi connectivity index (χ1) is 10.2. The largest absolute Gasteiger partial charge is 0.496 e. The van der Waals surface area contributed by atoms with Gasteiger partial charge in [0.05, 0.1) is 19.8 Å². The number of nitrogens with two attached hydrogens (primary N) is 1. The third-order valence-electron chi connectivity index (χ3n) is 4.65. The Kier molecular flexibility index (Phi) is 6.07. The lowest BCUT2D eigenvalue weighted by Gasteiger charge is -2.31. The third-order valence-corrected chi connectivity index (χ3v) is 4.65. The zero-order valence-corrected chi connectivity index (χ0v) is 13.6. The minimum atomic E-state index is 0.0349. The molecule has 1 aliphatic carbocycles. The van der Waals surface area contributed by atoms with Crippen LogP contribution in [0.15, 0.2) is 18.2 Å². The number of ether oxygens (including phenoxy) is 2. The summed E-state index contributed by atoms with van der Waals surface area (Å²) < 4.78 is 11.7. The molecule has 0 spiro atoms. The molecule has 21 heavy (non-hydrogen) atoms. The van der Waals surface area contributed by atoms with Crippen molar-refractivity contribution in [3.05, 3.63) is 29.3 Å². The Labute approximate surface area is 128 Å². The van der Waals surface area contributed by atoms with Crippen LogP contribution in [0.2, 0.25) is 0 Å². The van der Waals surface area contributed by atoms with Gasteiger partial charge in [-0.1, -0.05) is 32.3 Å². The average molecular weight is 291 g/mol. The second kappa shape index (κ2) is 7.81. The van der Waals surface area contributed by atoms with Gasteiger partial charge in [0.15, 0.2) is 0 Å². The maximum absolute atomic E-state index is 6.23. The van der Waals surface area contributed by atoms with Crippen molar-refractivity contribution in [2.24, 2.45) is 11.7 Å². The Bertz CT molecular complexity index is 445. The number of hydrogen-bond donors (Lipinski definition) is 1. The van der Waals surface area contributed by atoms with Crippen molar-refractivity contribution in [2.75, 3.05) is 7.11 Å². The molecular formula is C18H29NO2. The van der Waals surface area contributed by atoms with Crippen molar-refractivity contribution in [2.45, 2.75) is 64.7 Å². The van der Waals surface area contributed by atoms with Crippen molar-refractivity contribution in [1.82, 2.24) is 0 Å². The first-order valence-electron chi connectivity index (χ1n) is 8.19. The molecule has 3 atom stereocenters. The first-order valence-corrected chi connectivity index (χ1v) is 8.19. The number of methoxy groups -OCH3 is 1. The topological polar surface area (TPSA) is 44.5 Å². The van der Waals surface area contributed by atoms with Gasteiger partial charge in [0.1, 0.15) is 5.75 Å². The zero-order valence-electron chi connectivity index (χ0n) is 13.6. The van der Waals surface area contributed by atoms with Gasteiger partial charge in [-0.15, -0.1) is 0 Å². The fraction of sp³-hybridized carbons (Fsp3) is 0.667. The van der Waals surface area contributed by atoms with Gasteiger partial charge in [-0.05, 0) is 43.4 Å². The van der Waals surface area contributed by atoms with Crippen LogP contribution in [0, 0.1) is 5.92 Å². The van der Waals surface area contributed by atoms with Crippen molar-refractivity contribution >= 4 is 0 Å². The normalized spacial score (nSPS) is 23.8. The average Bonchev–Trinajstić information content (AvgIpc) is 2.52. The third kappa shape index (κ3) is 4.21. The fourth-order valence-corrected chi connectivity index (χ4v) is 3.25. The van der Waals surface area contributed by atoms with Crippen LogP contribution in [0.25, 0.3) is 0 Å². The highest BCUT2D eigenvalue weighted by Crippen LogP contribution is 2.31. The Hall–Kier alpha value is -1.06. The maximum atomic E-state index is 6.23. The Balaban J connectivity index is 2.05. The quantitative estimate of drug-likeness (QED) is 0.854. The van der Waals surface area contributed by atoms with Crippen LogP contribution >= 0.6 is 0 Å². The molecular weight excluding hydrogens is 262 g/mol. The lowest BCUT2D eigenvalue weighted by atomic mass is 9.85. The first kappa shape index (κ1) is 16.3. The smallest absolute Gasteiger partial charge is 0.124 e. The molecule has 1 aromatic carbocycles. The van der Waals surface area contributed by atoms with E-state index >= 15 is 0 Å². The summed E-state index contributed by atoms with van der Waals surface area (Å²) in [6.07, 6.45) is 6.74. The maximum Gasteiger partial charge on any atom is 0.124 e. The zero-order chi connectivity index (χ0) is 15.2. The Morgan fingerprint density at radius 3 is 2.71 bits per heavy atom. The van der Waals surface area contributed by atoms with Crippen molar-refractivity contribution in [1.29, 1.82) is 0 Å². The van der Waals surface area contributed by atoms with E-state index in [1.165, 1.54) is 32.1 Å². The van der Waals surface area contributed by atoms with Gasteiger partial charge >= 0.3 is 0 Å². The highest BCUT2D eigenvalue weighted by Gasteiger charge is 2.24. The van der Waals surface area contributed by atoms with Crippen LogP contribution in [-0.2, 0) is 11.3 Å². The summed E-state index contributed by atoms with van der Waals surface area (Å²) in [7, 11) is 1.71.